The van der Waals surface area contributed by atoms with E-state index in [9.17, 15) is 4.79 Å². The zero-order chi connectivity index (χ0) is 20.9. The molecule has 1 aliphatic rings. The highest BCUT2D eigenvalue weighted by Crippen LogP contribution is 2.27. The molecule has 4 rings (SSSR count). The Morgan fingerprint density at radius 2 is 1.93 bits per heavy atom. The van der Waals surface area contributed by atoms with Gasteiger partial charge in [0.15, 0.2) is 0 Å². The molecule has 1 saturated heterocycles. The van der Waals surface area contributed by atoms with Crippen molar-refractivity contribution in [2.45, 2.75) is 6.92 Å². The van der Waals surface area contributed by atoms with E-state index < -0.39 is 5.91 Å². The second kappa shape index (κ2) is 9.08. The van der Waals surface area contributed by atoms with Crippen LogP contribution >= 0.6 is 11.3 Å². The number of nitrogens with one attached hydrogen (secondary N) is 3. The quantitative estimate of drug-likeness (QED) is 0.351. The van der Waals surface area contributed by atoms with Crippen molar-refractivity contribution in [3.63, 3.8) is 0 Å². The summed E-state index contributed by atoms with van der Waals surface area (Å²) >= 11 is 1.22. The van der Waals surface area contributed by atoms with Crippen LogP contribution in [-0.4, -0.2) is 47.4 Å². The highest BCUT2D eigenvalue weighted by atomic mass is 32.1. The first kappa shape index (κ1) is 20.1. The van der Waals surface area contributed by atoms with Crippen molar-refractivity contribution in [1.29, 1.82) is 0 Å². The summed E-state index contributed by atoms with van der Waals surface area (Å²) in [6.45, 7) is 5.16. The van der Waals surface area contributed by atoms with Gasteiger partial charge in [0.2, 0.25) is 5.95 Å². The number of aryl methyl sites for hydroxylation is 1. The van der Waals surface area contributed by atoms with Gasteiger partial charge < -0.3 is 20.3 Å². The number of nitrogens with zero attached hydrogens (tertiary/aromatic N) is 3. The molecular weight excluding hydrogens is 404 g/mol. The van der Waals surface area contributed by atoms with Gasteiger partial charge in [0.1, 0.15) is 10.7 Å². The van der Waals surface area contributed by atoms with Gasteiger partial charge in [-0.25, -0.2) is 10.5 Å². The summed E-state index contributed by atoms with van der Waals surface area (Å²) in [5.74, 6) is 0.436. The molecule has 0 unspecified atom stereocenters. The molecule has 30 heavy (non-hydrogen) atoms. The summed E-state index contributed by atoms with van der Waals surface area (Å²) < 4.78 is 5.40. The van der Waals surface area contributed by atoms with Gasteiger partial charge in [0.05, 0.1) is 18.9 Å². The molecule has 156 valence electrons. The fourth-order valence-corrected chi connectivity index (χ4v) is 3.84. The number of morpholine rings is 1. The van der Waals surface area contributed by atoms with Crippen molar-refractivity contribution in [3.05, 3.63) is 52.3 Å². The van der Waals surface area contributed by atoms with Crippen LogP contribution < -0.4 is 21.0 Å². The second-order valence-electron chi connectivity index (χ2n) is 6.73. The molecule has 1 aliphatic heterocycles. The van der Waals surface area contributed by atoms with E-state index in [0.717, 1.165) is 43.2 Å². The number of aromatic nitrogens is 2. The number of benzene rings is 1. The standard InChI is InChI=1S/C20H22N6O3S/c1-13-12-21-20(24-18(13)23-16-6-11-30-17(16)19(27)25-28)22-14-2-4-15(5-3-14)26-7-9-29-10-8-26/h2-6,11-12,28H,7-10H2,1H3,(H,25,27)(H2,21,22,23,24). The summed E-state index contributed by atoms with van der Waals surface area (Å²) in [5, 5.41) is 17.0. The third kappa shape index (κ3) is 4.51. The minimum absolute atomic E-state index is 0.365. The van der Waals surface area contributed by atoms with Crippen molar-refractivity contribution >= 4 is 46.1 Å². The Labute approximate surface area is 177 Å². The molecule has 0 saturated carbocycles. The first-order valence-corrected chi connectivity index (χ1v) is 10.3. The van der Waals surface area contributed by atoms with Crippen LogP contribution in [0.25, 0.3) is 0 Å². The van der Waals surface area contributed by atoms with Crippen LogP contribution in [0, 0.1) is 6.92 Å². The van der Waals surface area contributed by atoms with Crippen LogP contribution in [0.4, 0.5) is 28.8 Å². The predicted molar refractivity (Wildman–Crippen MR) is 116 cm³/mol. The maximum atomic E-state index is 11.8. The number of carbonyl (C=O) groups excluding carboxylic acids is 1. The van der Waals surface area contributed by atoms with Gasteiger partial charge in [0, 0.05) is 36.2 Å². The molecule has 0 aliphatic carbocycles. The summed E-state index contributed by atoms with van der Waals surface area (Å²) in [4.78, 5) is 23.3. The Morgan fingerprint density at radius 1 is 1.17 bits per heavy atom. The number of anilines is 5. The SMILES string of the molecule is Cc1cnc(Nc2ccc(N3CCOCC3)cc2)nc1Nc1ccsc1C(=O)NO. The van der Waals surface area contributed by atoms with Crippen LogP contribution in [0.3, 0.4) is 0 Å². The molecule has 0 bridgehead atoms. The van der Waals surface area contributed by atoms with Gasteiger partial charge in [-0.1, -0.05) is 0 Å². The van der Waals surface area contributed by atoms with E-state index in [0.29, 0.717) is 22.3 Å². The summed E-state index contributed by atoms with van der Waals surface area (Å²) in [6, 6.07) is 9.86. The number of hydrogen-bond donors (Lipinski definition) is 4. The molecule has 0 radical (unpaired) electrons. The van der Waals surface area contributed by atoms with Crippen molar-refractivity contribution in [2.24, 2.45) is 0 Å². The predicted octanol–water partition coefficient (Wildman–Crippen LogP) is 3.29. The van der Waals surface area contributed by atoms with Gasteiger partial charge in [-0.2, -0.15) is 4.98 Å². The zero-order valence-electron chi connectivity index (χ0n) is 16.4. The van der Waals surface area contributed by atoms with E-state index in [-0.39, 0.29) is 0 Å². The molecule has 4 N–H and O–H groups in total. The van der Waals surface area contributed by atoms with E-state index in [1.807, 2.05) is 19.1 Å². The van der Waals surface area contributed by atoms with Gasteiger partial charge >= 0.3 is 0 Å². The smallest absolute Gasteiger partial charge is 0.286 e. The molecule has 9 nitrogen and oxygen atoms in total. The molecule has 0 spiro atoms. The highest BCUT2D eigenvalue weighted by Gasteiger charge is 2.15. The molecule has 1 fully saturated rings. The molecule has 1 aromatic carbocycles. The number of thiophene rings is 1. The first-order valence-electron chi connectivity index (χ1n) is 9.46. The minimum atomic E-state index is -0.571. The number of ether oxygens (including phenoxy) is 1. The molecule has 1 amide bonds. The second-order valence-corrected chi connectivity index (χ2v) is 7.64. The van der Waals surface area contributed by atoms with E-state index in [2.05, 4.69) is 37.6 Å². The minimum Gasteiger partial charge on any atom is -0.378 e. The van der Waals surface area contributed by atoms with Crippen molar-refractivity contribution in [2.75, 3.05) is 41.8 Å². The van der Waals surface area contributed by atoms with Crippen LogP contribution in [0.1, 0.15) is 15.2 Å². The lowest BCUT2D eigenvalue weighted by molar-refractivity contribution is 0.0712. The topological polar surface area (TPSA) is 112 Å². The monoisotopic (exact) mass is 426 g/mol. The molecule has 2 aromatic heterocycles. The summed E-state index contributed by atoms with van der Waals surface area (Å²) in [7, 11) is 0. The Morgan fingerprint density at radius 3 is 2.67 bits per heavy atom. The number of hydrogen-bond acceptors (Lipinski definition) is 9. The lowest BCUT2D eigenvalue weighted by Crippen LogP contribution is -2.36. The zero-order valence-corrected chi connectivity index (χ0v) is 17.2. The van der Waals surface area contributed by atoms with E-state index in [1.165, 1.54) is 11.3 Å². The molecule has 3 aromatic rings. The Bertz CT molecular complexity index is 1020. The number of amides is 1. The average molecular weight is 427 g/mol. The van der Waals surface area contributed by atoms with Gasteiger partial charge in [-0.3, -0.25) is 10.0 Å². The average Bonchev–Trinajstić information content (AvgIpc) is 3.25. The maximum Gasteiger partial charge on any atom is 0.286 e. The Balaban J connectivity index is 1.48. The third-order valence-corrected chi connectivity index (χ3v) is 5.61. The van der Waals surface area contributed by atoms with Crippen molar-refractivity contribution in [1.82, 2.24) is 15.4 Å². The molecule has 3 heterocycles. The van der Waals surface area contributed by atoms with E-state index >= 15 is 0 Å². The van der Waals surface area contributed by atoms with E-state index in [4.69, 9.17) is 9.94 Å². The van der Waals surface area contributed by atoms with Gasteiger partial charge in [-0.05, 0) is 42.6 Å². The van der Waals surface area contributed by atoms with Crippen LogP contribution in [0.5, 0.6) is 0 Å². The fraction of sp³-hybridized carbons (Fsp3) is 0.250. The summed E-state index contributed by atoms with van der Waals surface area (Å²) in [6.07, 6.45) is 1.71. The maximum absolute atomic E-state index is 11.8. The van der Waals surface area contributed by atoms with E-state index in [1.54, 1.807) is 23.1 Å². The lowest BCUT2D eigenvalue weighted by Gasteiger charge is -2.28. The van der Waals surface area contributed by atoms with Crippen molar-refractivity contribution in [3.8, 4) is 0 Å². The molecule has 10 heteroatoms. The number of rotatable bonds is 6. The fourth-order valence-electron chi connectivity index (χ4n) is 3.10. The number of hydroxylamine groups is 1. The third-order valence-electron chi connectivity index (χ3n) is 4.70. The first-order chi connectivity index (χ1) is 14.6. The van der Waals surface area contributed by atoms with Gasteiger partial charge in [0.25, 0.3) is 5.91 Å². The molecular formula is C20H22N6O3S. The highest BCUT2D eigenvalue weighted by molar-refractivity contribution is 7.12. The summed E-state index contributed by atoms with van der Waals surface area (Å²) in [5.41, 5.74) is 5.07. The number of carbonyl (C=O) groups is 1. The van der Waals surface area contributed by atoms with Crippen LogP contribution in [0.2, 0.25) is 0 Å². The van der Waals surface area contributed by atoms with Gasteiger partial charge in [-0.15, -0.1) is 11.3 Å². The lowest BCUT2D eigenvalue weighted by atomic mass is 10.2. The normalized spacial score (nSPS) is 13.7. The Hall–Kier alpha value is -3.21. The Kier molecular flexibility index (Phi) is 6.07. The van der Waals surface area contributed by atoms with Crippen molar-refractivity contribution < 1.29 is 14.7 Å². The van der Waals surface area contributed by atoms with Crippen LogP contribution in [0.15, 0.2) is 41.9 Å². The largest absolute Gasteiger partial charge is 0.378 e. The van der Waals surface area contributed by atoms with Crippen LogP contribution in [-0.2, 0) is 4.74 Å². The molecule has 0 atom stereocenters.